The first-order chi connectivity index (χ1) is 9.69. The van der Waals surface area contributed by atoms with Gasteiger partial charge in [-0.15, -0.1) is 0 Å². The van der Waals surface area contributed by atoms with Crippen LogP contribution in [0.15, 0.2) is 18.2 Å². The van der Waals surface area contributed by atoms with E-state index in [4.69, 9.17) is 5.84 Å². The van der Waals surface area contributed by atoms with E-state index in [1.807, 2.05) is 0 Å². The summed E-state index contributed by atoms with van der Waals surface area (Å²) < 4.78 is 0. The van der Waals surface area contributed by atoms with E-state index < -0.39 is 0 Å². The first kappa shape index (κ1) is 17.2. The van der Waals surface area contributed by atoms with Crippen LogP contribution in [0.2, 0.25) is 0 Å². The molecule has 0 bridgehead atoms. The molecule has 2 heteroatoms. The Kier molecular flexibility index (Phi) is 8.56. The maximum Gasteiger partial charge on any atom is 0.0251 e. The fraction of sp³-hybridized carbons (Fsp3) is 0.667. The summed E-state index contributed by atoms with van der Waals surface area (Å²) in [5, 5.41) is 0. The van der Waals surface area contributed by atoms with Crippen molar-refractivity contribution in [2.45, 2.75) is 78.2 Å². The number of hydrazine groups is 1. The van der Waals surface area contributed by atoms with Crippen LogP contribution in [0, 0.1) is 13.8 Å². The molecule has 1 aromatic rings. The van der Waals surface area contributed by atoms with Crippen molar-refractivity contribution in [3.63, 3.8) is 0 Å². The monoisotopic (exact) mass is 276 g/mol. The van der Waals surface area contributed by atoms with Gasteiger partial charge in [0, 0.05) is 6.04 Å². The molecule has 2 nitrogen and oxygen atoms in total. The lowest BCUT2D eigenvalue weighted by Gasteiger charge is -2.18. The number of nitrogens with one attached hydrogen (secondary N) is 1. The summed E-state index contributed by atoms with van der Waals surface area (Å²) in [6, 6.07) is 6.93. The van der Waals surface area contributed by atoms with Crippen LogP contribution in [0.4, 0.5) is 0 Å². The molecular formula is C18H32N2. The summed E-state index contributed by atoms with van der Waals surface area (Å²) in [5.74, 6) is 5.73. The third kappa shape index (κ3) is 6.06. The molecule has 1 rings (SSSR count). The van der Waals surface area contributed by atoms with Crippen LogP contribution in [0.3, 0.4) is 0 Å². The molecule has 0 radical (unpaired) electrons. The van der Waals surface area contributed by atoms with Crippen molar-refractivity contribution in [1.29, 1.82) is 0 Å². The van der Waals surface area contributed by atoms with Crippen LogP contribution < -0.4 is 11.3 Å². The van der Waals surface area contributed by atoms with Gasteiger partial charge in [0.2, 0.25) is 0 Å². The number of hydrogen-bond donors (Lipinski definition) is 2. The first-order valence-electron chi connectivity index (χ1n) is 8.20. The molecule has 0 fully saturated rings. The van der Waals surface area contributed by atoms with Gasteiger partial charge in [-0.25, -0.2) is 0 Å². The molecule has 0 aromatic heterocycles. The number of unbranched alkanes of at least 4 members (excludes halogenated alkanes) is 5. The third-order valence-corrected chi connectivity index (χ3v) is 4.24. The normalized spacial score (nSPS) is 12.6. The Bertz CT molecular complexity index is 353. The Labute approximate surface area is 125 Å². The van der Waals surface area contributed by atoms with Crippen molar-refractivity contribution in [2.24, 2.45) is 5.84 Å². The van der Waals surface area contributed by atoms with Crippen molar-refractivity contribution in [2.75, 3.05) is 0 Å². The Morgan fingerprint density at radius 2 is 1.60 bits per heavy atom. The minimum Gasteiger partial charge on any atom is -0.271 e. The maximum atomic E-state index is 5.73. The predicted octanol–water partition coefficient (Wildman–Crippen LogP) is 4.43. The Morgan fingerprint density at radius 1 is 1.00 bits per heavy atom. The molecule has 20 heavy (non-hydrogen) atoms. The first-order valence-corrected chi connectivity index (χ1v) is 8.20. The van der Waals surface area contributed by atoms with Crippen LogP contribution in [0.25, 0.3) is 0 Å². The number of hydrogen-bond acceptors (Lipinski definition) is 2. The standard InChI is InChI=1S/C18H32N2/c1-4-5-6-7-8-9-13-17(20-19)14-18-15(2)11-10-12-16(18)3/h10-12,17,20H,4-9,13-14,19H2,1-3H3. The van der Waals surface area contributed by atoms with Gasteiger partial charge in [-0.2, -0.15) is 0 Å². The fourth-order valence-electron chi connectivity index (χ4n) is 2.83. The van der Waals surface area contributed by atoms with Crippen LogP contribution in [0.5, 0.6) is 0 Å². The summed E-state index contributed by atoms with van der Waals surface area (Å²) in [4.78, 5) is 0. The zero-order valence-electron chi connectivity index (χ0n) is 13.5. The molecule has 0 aliphatic heterocycles. The van der Waals surface area contributed by atoms with Crippen molar-refractivity contribution >= 4 is 0 Å². The third-order valence-electron chi connectivity index (χ3n) is 4.24. The second-order valence-electron chi connectivity index (χ2n) is 5.99. The smallest absolute Gasteiger partial charge is 0.0251 e. The average Bonchev–Trinajstić information content (AvgIpc) is 2.44. The van der Waals surface area contributed by atoms with Crippen LogP contribution in [0.1, 0.15) is 68.6 Å². The van der Waals surface area contributed by atoms with Gasteiger partial charge >= 0.3 is 0 Å². The Hall–Kier alpha value is -0.860. The molecule has 0 saturated heterocycles. The van der Waals surface area contributed by atoms with Crippen molar-refractivity contribution in [3.8, 4) is 0 Å². The van der Waals surface area contributed by atoms with E-state index >= 15 is 0 Å². The van der Waals surface area contributed by atoms with Gasteiger partial charge in [-0.1, -0.05) is 63.6 Å². The lowest BCUT2D eigenvalue weighted by molar-refractivity contribution is 0.458. The van der Waals surface area contributed by atoms with Gasteiger partial charge < -0.3 is 0 Å². The molecule has 3 N–H and O–H groups in total. The fourth-order valence-corrected chi connectivity index (χ4v) is 2.83. The highest BCUT2D eigenvalue weighted by Gasteiger charge is 2.10. The Morgan fingerprint density at radius 3 is 2.20 bits per heavy atom. The number of nitrogens with two attached hydrogens (primary N) is 1. The SMILES string of the molecule is CCCCCCCCC(Cc1c(C)cccc1C)NN. The number of rotatable bonds is 10. The van der Waals surface area contributed by atoms with Gasteiger partial charge in [0.15, 0.2) is 0 Å². The summed E-state index contributed by atoms with van der Waals surface area (Å²) in [6.07, 6.45) is 10.3. The largest absolute Gasteiger partial charge is 0.271 e. The Balaban J connectivity index is 2.36. The van der Waals surface area contributed by atoms with E-state index in [-0.39, 0.29) is 0 Å². The van der Waals surface area contributed by atoms with E-state index in [2.05, 4.69) is 44.4 Å². The lowest BCUT2D eigenvalue weighted by atomic mass is 9.94. The average molecular weight is 276 g/mol. The molecular weight excluding hydrogens is 244 g/mol. The molecule has 114 valence electrons. The van der Waals surface area contributed by atoms with Gasteiger partial charge in [0.05, 0.1) is 0 Å². The zero-order chi connectivity index (χ0) is 14.8. The van der Waals surface area contributed by atoms with Gasteiger partial charge in [-0.05, 0) is 43.4 Å². The molecule has 1 aromatic carbocycles. The molecule has 1 unspecified atom stereocenters. The molecule has 0 amide bonds. The van der Waals surface area contributed by atoms with E-state index in [1.54, 1.807) is 0 Å². The van der Waals surface area contributed by atoms with E-state index in [9.17, 15) is 0 Å². The molecule has 0 spiro atoms. The van der Waals surface area contributed by atoms with Gasteiger partial charge in [-0.3, -0.25) is 11.3 Å². The minimum atomic E-state index is 0.404. The maximum absolute atomic E-state index is 5.73. The van der Waals surface area contributed by atoms with Crippen LogP contribution >= 0.6 is 0 Å². The van der Waals surface area contributed by atoms with Gasteiger partial charge in [0.25, 0.3) is 0 Å². The second-order valence-corrected chi connectivity index (χ2v) is 5.99. The number of benzene rings is 1. The quantitative estimate of drug-likeness (QED) is 0.377. The van der Waals surface area contributed by atoms with Crippen LogP contribution in [-0.2, 0) is 6.42 Å². The summed E-state index contributed by atoms with van der Waals surface area (Å²) in [6.45, 7) is 6.65. The topological polar surface area (TPSA) is 38.0 Å². The molecule has 0 saturated carbocycles. The lowest BCUT2D eigenvalue weighted by Crippen LogP contribution is -2.37. The van der Waals surface area contributed by atoms with Crippen molar-refractivity contribution in [3.05, 3.63) is 34.9 Å². The summed E-state index contributed by atoms with van der Waals surface area (Å²) >= 11 is 0. The predicted molar refractivity (Wildman–Crippen MR) is 88.7 cm³/mol. The van der Waals surface area contributed by atoms with E-state index in [0.29, 0.717) is 6.04 Å². The summed E-state index contributed by atoms with van der Waals surface area (Å²) in [5.41, 5.74) is 7.23. The van der Waals surface area contributed by atoms with Crippen molar-refractivity contribution in [1.82, 2.24) is 5.43 Å². The highest BCUT2D eigenvalue weighted by molar-refractivity contribution is 5.34. The molecule has 0 aliphatic carbocycles. The zero-order valence-corrected chi connectivity index (χ0v) is 13.5. The van der Waals surface area contributed by atoms with Crippen LogP contribution in [-0.4, -0.2) is 6.04 Å². The highest BCUT2D eigenvalue weighted by atomic mass is 15.2. The number of aryl methyl sites for hydroxylation is 2. The molecule has 0 heterocycles. The second kappa shape index (κ2) is 9.95. The van der Waals surface area contributed by atoms with E-state index in [0.717, 1.165) is 6.42 Å². The molecule has 0 aliphatic rings. The summed E-state index contributed by atoms with van der Waals surface area (Å²) in [7, 11) is 0. The molecule has 1 atom stereocenters. The van der Waals surface area contributed by atoms with Crippen molar-refractivity contribution < 1.29 is 0 Å². The minimum absolute atomic E-state index is 0.404. The highest BCUT2D eigenvalue weighted by Crippen LogP contribution is 2.17. The van der Waals surface area contributed by atoms with E-state index in [1.165, 1.54) is 61.6 Å². The van der Waals surface area contributed by atoms with Gasteiger partial charge in [0.1, 0.15) is 0 Å².